The highest BCUT2D eigenvalue weighted by atomic mass is 79.9. The standard InChI is InChI=1S/C9H13BrF4N4O/c1-15-5(6-7(10)16-17-18(6)2)3-19-4-9(13,14)8(11)12/h5,8,15H,3-4H2,1-2H3. The molecule has 110 valence electrons. The molecule has 19 heavy (non-hydrogen) atoms. The van der Waals surface area contributed by atoms with E-state index in [9.17, 15) is 17.6 Å². The normalized spacial score (nSPS) is 14.1. The highest BCUT2D eigenvalue weighted by Gasteiger charge is 2.41. The van der Waals surface area contributed by atoms with Crippen LogP contribution < -0.4 is 5.32 Å². The van der Waals surface area contributed by atoms with Crippen LogP contribution in [0.25, 0.3) is 0 Å². The van der Waals surface area contributed by atoms with Gasteiger partial charge in [-0.25, -0.2) is 13.5 Å². The third-order valence-electron chi connectivity index (χ3n) is 2.40. The van der Waals surface area contributed by atoms with E-state index in [0.717, 1.165) is 0 Å². The van der Waals surface area contributed by atoms with E-state index in [-0.39, 0.29) is 6.61 Å². The second-order valence-corrected chi connectivity index (χ2v) is 4.56. The molecule has 0 aliphatic heterocycles. The molecule has 0 radical (unpaired) electrons. The predicted octanol–water partition coefficient (Wildman–Crippen LogP) is 1.76. The van der Waals surface area contributed by atoms with Crippen molar-refractivity contribution in [3.8, 4) is 0 Å². The Morgan fingerprint density at radius 3 is 2.53 bits per heavy atom. The van der Waals surface area contributed by atoms with Crippen LogP contribution in [0.5, 0.6) is 0 Å². The molecule has 1 N–H and O–H groups in total. The molecule has 5 nitrogen and oxygen atoms in total. The summed E-state index contributed by atoms with van der Waals surface area (Å²) in [7, 11) is 3.20. The van der Waals surface area contributed by atoms with E-state index < -0.39 is 25.0 Å². The lowest BCUT2D eigenvalue weighted by Crippen LogP contribution is -2.34. The Kier molecular flexibility index (Phi) is 5.68. The van der Waals surface area contributed by atoms with Gasteiger partial charge in [0.1, 0.15) is 6.61 Å². The fourth-order valence-corrected chi connectivity index (χ4v) is 1.99. The number of aromatic nitrogens is 3. The van der Waals surface area contributed by atoms with Crippen molar-refractivity contribution in [3.63, 3.8) is 0 Å². The summed E-state index contributed by atoms with van der Waals surface area (Å²) in [6, 6.07) is -0.497. The lowest BCUT2D eigenvalue weighted by atomic mass is 10.2. The second-order valence-electron chi connectivity index (χ2n) is 3.81. The molecule has 1 atom stereocenters. The highest BCUT2D eigenvalue weighted by Crippen LogP contribution is 2.24. The summed E-state index contributed by atoms with van der Waals surface area (Å²) in [6.07, 6.45) is -3.74. The molecule has 0 fully saturated rings. The SMILES string of the molecule is CNC(COCC(F)(F)C(F)F)c1c(Br)nnn1C. The zero-order valence-electron chi connectivity index (χ0n) is 10.2. The molecule has 0 aromatic carbocycles. The Morgan fingerprint density at radius 2 is 2.11 bits per heavy atom. The van der Waals surface area contributed by atoms with Gasteiger partial charge in [-0.15, -0.1) is 5.10 Å². The Bertz CT molecular complexity index is 395. The molecule has 0 saturated heterocycles. The summed E-state index contributed by atoms with van der Waals surface area (Å²) in [5.74, 6) is -4.15. The largest absolute Gasteiger partial charge is 0.373 e. The first-order chi connectivity index (χ1) is 8.79. The van der Waals surface area contributed by atoms with Crippen LogP contribution in [0.1, 0.15) is 11.7 Å². The maximum absolute atomic E-state index is 12.7. The fourth-order valence-electron chi connectivity index (χ4n) is 1.38. The van der Waals surface area contributed by atoms with Gasteiger partial charge in [-0.1, -0.05) is 5.21 Å². The van der Waals surface area contributed by atoms with Crippen molar-refractivity contribution < 1.29 is 22.3 Å². The number of ether oxygens (including phenoxy) is 1. The Labute approximate surface area is 115 Å². The smallest absolute Gasteiger partial charge is 0.330 e. The molecule has 0 aliphatic rings. The lowest BCUT2D eigenvalue weighted by Gasteiger charge is -2.19. The minimum atomic E-state index is -4.15. The third-order valence-corrected chi connectivity index (χ3v) is 2.97. The highest BCUT2D eigenvalue weighted by molar-refractivity contribution is 9.10. The Hall–Kier alpha value is -0.740. The van der Waals surface area contributed by atoms with E-state index in [1.165, 1.54) is 4.68 Å². The number of likely N-dealkylation sites (N-methyl/N-ethyl adjacent to an activating group) is 1. The van der Waals surface area contributed by atoms with Gasteiger partial charge in [-0.3, -0.25) is 0 Å². The van der Waals surface area contributed by atoms with Crippen LogP contribution in [0.2, 0.25) is 0 Å². The molecule has 0 spiro atoms. The monoisotopic (exact) mass is 348 g/mol. The molecular formula is C9H13BrF4N4O. The quantitative estimate of drug-likeness (QED) is 0.763. The van der Waals surface area contributed by atoms with Crippen LogP contribution in [-0.4, -0.2) is 47.6 Å². The molecule has 1 heterocycles. The van der Waals surface area contributed by atoms with Crippen LogP contribution in [0.4, 0.5) is 17.6 Å². The minimum Gasteiger partial charge on any atom is -0.373 e. The summed E-state index contributed by atoms with van der Waals surface area (Å²) < 4.78 is 55.7. The van der Waals surface area contributed by atoms with Crippen molar-refractivity contribution in [2.24, 2.45) is 7.05 Å². The van der Waals surface area contributed by atoms with E-state index in [4.69, 9.17) is 0 Å². The van der Waals surface area contributed by atoms with Crippen molar-refractivity contribution in [2.75, 3.05) is 20.3 Å². The Balaban J connectivity index is 2.60. The molecular weight excluding hydrogens is 336 g/mol. The summed E-state index contributed by atoms with van der Waals surface area (Å²) >= 11 is 3.16. The summed E-state index contributed by atoms with van der Waals surface area (Å²) in [5.41, 5.74) is 0.572. The van der Waals surface area contributed by atoms with Crippen LogP contribution in [0, 0.1) is 0 Å². The average molecular weight is 349 g/mol. The van der Waals surface area contributed by atoms with Gasteiger partial charge in [0.25, 0.3) is 0 Å². The molecule has 0 bridgehead atoms. The van der Waals surface area contributed by atoms with E-state index in [0.29, 0.717) is 10.3 Å². The number of rotatable bonds is 7. The van der Waals surface area contributed by atoms with Gasteiger partial charge in [-0.05, 0) is 23.0 Å². The summed E-state index contributed by atoms with van der Waals surface area (Å²) in [6.45, 7) is -1.55. The van der Waals surface area contributed by atoms with Gasteiger partial charge in [0.2, 0.25) is 0 Å². The van der Waals surface area contributed by atoms with Crippen molar-refractivity contribution in [1.82, 2.24) is 20.3 Å². The van der Waals surface area contributed by atoms with Gasteiger partial charge >= 0.3 is 12.3 Å². The van der Waals surface area contributed by atoms with E-state index in [2.05, 4.69) is 36.3 Å². The van der Waals surface area contributed by atoms with Crippen molar-refractivity contribution in [2.45, 2.75) is 18.4 Å². The number of nitrogens with one attached hydrogen (secondary N) is 1. The van der Waals surface area contributed by atoms with E-state index in [1.54, 1.807) is 14.1 Å². The average Bonchev–Trinajstić information content (AvgIpc) is 2.65. The fraction of sp³-hybridized carbons (Fsp3) is 0.778. The number of alkyl halides is 4. The summed E-state index contributed by atoms with van der Waals surface area (Å²) in [5, 5.41) is 10.3. The van der Waals surface area contributed by atoms with Crippen LogP contribution in [0.3, 0.4) is 0 Å². The van der Waals surface area contributed by atoms with Crippen LogP contribution >= 0.6 is 15.9 Å². The number of nitrogens with zero attached hydrogens (tertiary/aromatic N) is 3. The zero-order valence-corrected chi connectivity index (χ0v) is 11.8. The number of hydrogen-bond donors (Lipinski definition) is 1. The number of aryl methyl sites for hydroxylation is 1. The Morgan fingerprint density at radius 1 is 1.47 bits per heavy atom. The zero-order chi connectivity index (χ0) is 14.6. The van der Waals surface area contributed by atoms with Gasteiger partial charge in [-0.2, -0.15) is 8.78 Å². The molecule has 0 aliphatic carbocycles. The first-order valence-electron chi connectivity index (χ1n) is 5.25. The van der Waals surface area contributed by atoms with Gasteiger partial charge in [0.05, 0.1) is 18.3 Å². The molecule has 0 amide bonds. The molecule has 1 unspecified atom stereocenters. The maximum Gasteiger partial charge on any atom is 0.330 e. The first-order valence-corrected chi connectivity index (χ1v) is 6.05. The molecule has 1 rings (SSSR count). The lowest BCUT2D eigenvalue weighted by molar-refractivity contribution is -0.167. The van der Waals surface area contributed by atoms with E-state index in [1.807, 2.05) is 0 Å². The van der Waals surface area contributed by atoms with Crippen LogP contribution in [-0.2, 0) is 11.8 Å². The minimum absolute atomic E-state index is 0.210. The van der Waals surface area contributed by atoms with Gasteiger partial charge < -0.3 is 10.1 Å². The number of hydrogen-bond acceptors (Lipinski definition) is 4. The second kappa shape index (κ2) is 6.62. The first kappa shape index (κ1) is 16.3. The molecule has 0 saturated carbocycles. The van der Waals surface area contributed by atoms with Gasteiger partial charge in [0, 0.05) is 7.05 Å². The predicted molar refractivity (Wildman–Crippen MR) is 62.3 cm³/mol. The van der Waals surface area contributed by atoms with Crippen molar-refractivity contribution in [1.29, 1.82) is 0 Å². The molecule has 1 aromatic heterocycles. The van der Waals surface area contributed by atoms with Crippen molar-refractivity contribution in [3.05, 3.63) is 10.3 Å². The van der Waals surface area contributed by atoms with E-state index >= 15 is 0 Å². The number of halogens is 5. The topological polar surface area (TPSA) is 52.0 Å². The van der Waals surface area contributed by atoms with Crippen LogP contribution in [0.15, 0.2) is 4.60 Å². The van der Waals surface area contributed by atoms with Crippen molar-refractivity contribution >= 4 is 15.9 Å². The third kappa shape index (κ3) is 4.11. The van der Waals surface area contributed by atoms with Gasteiger partial charge in [0.15, 0.2) is 4.60 Å². The maximum atomic E-state index is 12.7. The summed E-state index contributed by atoms with van der Waals surface area (Å²) in [4.78, 5) is 0. The molecule has 10 heteroatoms. The molecule has 1 aromatic rings.